The van der Waals surface area contributed by atoms with Crippen LogP contribution in [0.5, 0.6) is 0 Å². The molecule has 1 aliphatic rings. The third kappa shape index (κ3) is 2.73. The van der Waals surface area contributed by atoms with E-state index in [1.807, 2.05) is 23.7 Å². The number of piperidine rings is 1. The number of aromatic nitrogens is 2. The van der Waals surface area contributed by atoms with E-state index >= 15 is 0 Å². The molecule has 1 aliphatic heterocycles. The second-order valence-electron chi connectivity index (χ2n) is 6.60. The third-order valence-corrected chi connectivity index (χ3v) is 5.05. The molecule has 1 aromatic carbocycles. The van der Waals surface area contributed by atoms with Crippen molar-refractivity contribution in [3.8, 4) is 0 Å². The Morgan fingerprint density at radius 3 is 2.96 bits per heavy atom. The number of oxazole rings is 1. The molecule has 6 nitrogen and oxygen atoms in total. The van der Waals surface area contributed by atoms with Crippen molar-refractivity contribution in [1.29, 1.82) is 0 Å². The van der Waals surface area contributed by atoms with Crippen molar-refractivity contribution in [2.45, 2.75) is 25.3 Å². The molecule has 7 heteroatoms. The molecule has 2 aromatic heterocycles. The summed E-state index contributed by atoms with van der Waals surface area (Å²) in [6, 6.07) is 8.73. The third-order valence-electron chi connectivity index (χ3n) is 5.05. The molecule has 0 spiro atoms. The summed E-state index contributed by atoms with van der Waals surface area (Å²) in [4.78, 5) is 18.6. The molecule has 1 amide bonds. The maximum Gasteiger partial charge on any atom is 0.298 e. The lowest BCUT2D eigenvalue weighted by Gasteiger charge is -2.35. The summed E-state index contributed by atoms with van der Waals surface area (Å²) in [5.74, 6) is -0.441. The van der Waals surface area contributed by atoms with Crippen LogP contribution in [0.15, 0.2) is 34.7 Å². The molecule has 3 heterocycles. The van der Waals surface area contributed by atoms with Gasteiger partial charge in [0.1, 0.15) is 17.0 Å². The Morgan fingerprint density at radius 1 is 1.31 bits per heavy atom. The van der Waals surface area contributed by atoms with Crippen LogP contribution in [-0.2, 0) is 7.05 Å². The van der Waals surface area contributed by atoms with Gasteiger partial charge in [-0.15, -0.1) is 0 Å². The van der Waals surface area contributed by atoms with Crippen LogP contribution in [0.4, 0.5) is 10.4 Å². The van der Waals surface area contributed by atoms with Gasteiger partial charge in [-0.3, -0.25) is 4.79 Å². The van der Waals surface area contributed by atoms with E-state index in [0.717, 1.165) is 31.5 Å². The predicted octanol–water partition coefficient (Wildman–Crippen LogP) is 3.40. The minimum absolute atomic E-state index is 0.0602. The van der Waals surface area contributed by atoms with Gasteiger partial charge in [0, 0.05) is 32.4 Å². The quantitative estimate of drug-likeness (QED) is 0.781. The normalized spacial score (nSPS) is 17.7. The fourth-order valence-corrected chi connectivity index (χ4v) is 3.70. The van der Waals surface area contributed by atoms with E-state index in [0.29, 0.717) is 22.8 Å². The van der Waals surface area contributed by atoms with Gasteiger partial charge < -0.3 is 19.2 Å². The molecule has 3 aromatic rings. The van der Waals surface area contributed by atoms with E-state index in [2.05, 4.69) is 15.2 Å². The van der Waals surface area contributed by atoms with E-state index in [4.69, 9.17) is 4.42 Å². The van der Waals surface area contributed by atoms with Gasteiger partial charge in [0.2, 0.25) is 0 Å². The average Bonchev–Trinajstić information content (AvgIpc) is 3.24. The van der Waals surface area contributed by atoms with Crippen LogP contribution in [0, 0.1) is 5.82 Å². The number of nitrogens with one attached hydrogen (secondary N) is 1. The van der Waals surface area contributed by atoms with E-state index in [1.165, 1.54) is 12.1 Å². The molecule has 0 aliphatic carbocycles. The van der Waals surface area contributed by atoms with Crippen molar-refractivity contribution in [2.75, 3.05) is 18.5 Å². The first kappa shape index (κ1) is 16.6. The van der Waals surface area contributed by atoms with Crippen molar-refractivity contribution in [3.63, 3.8) is 0 Å². The molecule has 1 saturated heterocycles. The number of anilines is 1. The minimum atomic E-state index is -0.329. The summed E-state index contributed by atoms with van der Waals surface area (Å²) < 4.78 is 21.3. The summed E-state index contributed by atoms with van der Waals surface area (Å²) in [6.45, 7) is 0.806. The zero-order valence-electron chi connectivity index (χ0n) is 14.8. The summed E-state index contributed by atoms with van der Waals surface area (Å²) in [5.41, 5.74) is 2.75. The monoisotopic (exact) mass is 356 g/mol. The first-order valence-electron chi connectivity index (χ1n) is 8.79. The molecule has 0 bridgehead atoms. The number of amides is 1. The number of benzene rings is 1. The maximum atomic E-state index is 13.5. The topological polar surface area (TPSA) is 63.3 Å². The number of halogens is 1. The zero-order valence-corrected chi connectivity index (χ0v) is 14.8. The minimum Gasteiger partial charge on any atom is -0.423 e. The van der Waals surface area contributed by atoms with Gasteiger partial charge in [-0.25, -0.2) is 4.39 Å². The number of carbonyl (C=O) groups excluding carboxylic acids is 1. The van der Waals surface area contributed by atoms with Crippen LogP contribution in [0.3, 0.4) is 0 Å². The Balaban J connectivity index is 1.72. The van der Waals surface area contributed by atoms with Gasteiger partial charge in [-0.05, 0) is 43.5 Å². The number of hydrogen-bond acceptors (Lipinski definition) is 4. The molecular weight excluding hydrogens is 335 g/mol. The fourth-order valence-electron chi connectivity index (χ4n) is 3.70. The lowest BCUT2D eigenvalue weighted by molar-refractivity contribution is 0.0954. The van der Waals surface area contributed by atoms with Crippen molar-refractivity contribution in [3.05, 3.63) is 47.5 Å². The number of carbonyl (C=O) groups is 1. The van der Waals surface area contributed by atoms with Crippen molar-refractivity contribution in [2.24, 2.45) is 7.05 Å². The number of fused-ring (bicyclic) bond motifs is 1. The lowest BCUT2D eigenvalue weighted by Crippen LogP contribution is -2.35. The summed E-state index contributed by atoms with van der Waals surface area (Å²) in [5, 5.41) is 2.66. The van der Waals surface area contributed by atoms with Gasteiger partial charge in [-0.1, -0.05) is 0 Å². The Hall–Kier alpha value is -2.83. The van der Waals surface area contributed by atoms with E-state index in [1.54, 1.807) is 13.1 Å². The number of nitrogens with zero attached hydrogens (tertiary/aromatic N) is 3. The molecule has 1 atom stereocenters. The highest BCUT2D eigenvalue weighted by Gasteiger charge is 2.30. The van der Waals surface area contributed by atoms with E-state index in [-0.39, 0.29) is 17.8 Å². The highest BCUT2D eigenvalue weighted by molar-refractivity contribution is 5.92. The van der Waals surface area contributed by atoms with Gasteiger partial charge in [0.05, 0.1) is 6.04 Å². The second-order valence-corrected chi connectivity index (χ2v) is 6.60. The molecule has 4 rings (SSSR count). The second kappa shape index (κ2) is 6.48. The Labute approximate surface area is 150 Å². The summed E-state index contributed by atoms with van der Waals surface area (Å²) >= 11 is 0. The lowest BCUT2D eigenvalue weighted by atomic mass is 10.00. The summed E-state index contributed by atoms with van der Waals surface area (Å²) in [7, 11) is 3.52. The molecule has 1 N–H and O–H groups in total. The van der Waals surface area contributed by atoms with Gasteiger partial charge in [0.15, 0.2) is 5.58 Å². The standard InChI is InChI=1S/C19H21FN4O2/c1-21-18(25)16-8-7-14(23(16)2)15-5-3-4-10-24(15)19-22-13-11-12(20)6-9-17(13)26-19/h6-9,11,15H,3-5,10H2,1-2H3,(H,21,25)/t15-/m1/s1. The van der Waals surface area contributed by atoms with Crippen LogP contribution in [-0.4, -0.2) is 29.1 Å². The van der Waals surface area contributed by atoms with Gasteiger partial charge in [0.25, 0.3) is 11.9 Å². The zero-order chi connectivity index (χ0) is 18.3. The Bertz CT molecular complexity index is 962. The molecule has 26 heavy (non-hydrogen) atoms. The van der Waals surface area contributed by atoms with Crippen LogP contribution in [0.25, 0.3) is 11.1 Å². The Morgan fingerprint density at radius 2 is 2.15 bits per heavy atom. The molecular formula is C19H21FN4O2. The van der Waals surface area contributed by atoms with E-state index in [9.17, 15) is 9.18 Å². The predicted molar refractivity (Wildman–Crippen MR) is 96.7 cm³/mol. The van der Waals surface area contributed by atoms with E-state index < -0.39 is 0 Å². The largest absolute Gasteiger partial charge is 0.423 e. The molecule has 0 saturated carbocycles. The van der Waals surface area contributed by atoms with Gasteiger partial charge >= 0.3 is 0 Å². The fraction of sp³-hybridized carbons (Fsp3) is 0.368. The SMILES string of the molecule is CNC(=O)c1ccc([C@H]2CCCCN2c2nc3cc(F)ccc3o2)n1C. The van der Waals surface area contributed by atoms with Crippen molar-refractivity contribution in [1.82, 2.24) is 14.9 Å². The Kier molecular flexibility index (Phi) is 4.14. The highest BCUT2D eigenvalue weighted by Crippen LogP contribution is 2.36. The maximum absolute atomic E-state index is 13.5. The van der Waals surface area contributed by atoms with Crippen molar-refractivity contribution >= 4 is 23.0 Å². The smallest absolute Gasteiger partial charge is 0.298 e. The first-order chi connectivity index (χ1) is 12.6. The average molecular weight is 356 g/mol. The van der Waals surface area contributed by atoms with Crippen LogP contribution < -0.4 is 10.2 Å². The van der Waals surface area contributed by atoms with Crippen molar-refractivity contribution < 1.29 is 13.6 Å². The number of hydrogen-bond donors (Lipinski definition) is 1. The van der Waals surface area contributed by atoms with Crippen LogP contribution >= 0.6 is 0 Å². The molecule has 136 valence electrons. The summed E-state index contributed by atoms with van der Waals surface area (Å²) in [6.07, 6.45) is 3.07. The van der Waals surface area contributed by atoms with Crippen LogP contribution in [0.1, 0.15) is 41.5 Å². The molecule has 0 unspecified atom stereocenters. The first-order valence-corrected chi connectivity index (χ1v) is 8.79. The highest BCUT2D eigenvalue weighted by atomic mass is 19.1. The number of rotatable bonds is 3. The molecule has 1 fully saturated rings. The molecule has 0 radical (unpaired) electrons. The van der Waals surface area contributed by atoms with Gasteiger partial charge in [-0.2, -0.15) is 4.98 Å². The van der Waals surface area contributed by atoms with Crippen LogP contribution in [0.2, 0.25) is 0 Å².